The van der Waals surface area contributed by atoms with Crippen LogP contribution >= 0.6 is 0 Å². The molecular weight excluding hydrogens is 248 g/mol. The van der Waals surface area contributed by atoms with Crippen molar-refractivity contribution in [3.05, 3.63) is 35.9 Å². The Bertz CT molecular complexity index is 374. The molecule has 0 spiro atoms. The number of nitrogens with zero attached hydrogens (tertiary/aromatic N) is 1. The maximum Gasteiger partial charge on any atom is 0.0587 e. The van der Waals surface area contributed by atoms with Crippen LogP contribution in [0, 0.1) is 5.92 Å². The van der Waals surface area contributed by atoms with Gasteiger partial charge in [-0.3, -0.25) is 0 Å². The predicted octanol–water partition coefficient (Wildman–Crippen LogP) is 1.91. The van der Waals surface area contributed by atoms with Crippen LogP contribution in [0.2, 0.25) is 0 Å². The lowest BCUT2D eigenvalue weighted by Gasteiger charge is -2.34. The molecule has 1 saturated heterocycles. The molecule has 0 aliphatic carbocycles. The number of likely N-dealkylation sites (tertiary alicyclic amines) is 1. The molecule has 112 valence electrons. The Morgan fingerprint density at radius 1 is 1.25 bits per heavy atom. The van der Waals surface area contributed by atoms with Crippen molar-refractivity contribution < 1.29 is 5.11 Å². The van der Waals surface area contributed by atoms with Gasteiger partial charge in [-0.2, -0.15) is 0 Å². The Hall–Kier alpha value is -0.900. The zero-order valence-corrected chi connectivity index (χ0v) is 12.8. The molecule has 0 saturated carbocycles. The third-order valence-electron chi connectivity index (χ3n) is 4.51. The average Bonchev–Trinajstić information content (AvgIpc) is 2.48. The number of benzene rings is 1. The highest BCUT2D eigenvalue weighted by Crippen LogP contribution is 2.20. The van der Waals surface area contributed by atoms with Crippen molar-refractivity contribution in [2.75, 3.05) is 26.7 Å². The first-order chi connectivity index (χ1) is 9.69. The molecule has 1 unspecified atom stereocenters. The molecule has 2 rings (SSSR count). The summed E-state index contributed by atoms with van der Waals surface area (Å²) >= 11 is 0. The highest BCUT2D eigenvalue weighted by Gasteiger charge is 2.23. The van der Waals surface area contributed by atoms with Gasteiger partial charge in [0, 0.05) is 12.1 Å². The van der Waals surface area contributed by atoms with Crippen molar-refractivity contribution in [3.63, 3.8) is 0 Å². The summed E-state index contributed by atoms with van der Waals surface area (Å²) in [5.74, 6) is 0.732. The second-order valence-corrected chi connectivity index (χ2v) is 6.17. The topological polar surface area (TPSA) is 35.5 Å². The van der Waals surface area contributed by atoms with Crippen LogP contribution in [0.15, 0.2) is 30.3 Å². The number of nitrogens with one attached hydrogen (secondary N) is 1. The Morgan fingerprint density at radius 3 is 2.50 bits per heavy atom. The van der Waals surface area contributed by atoms with E-state index in [0.29, 0.717) is 6.04 Å². The highest BCUT2D eigenvalue weighted by atomic mass is 16.3. The zero-order chi connectivity index (χ0) is 14.4. The molecule has 1 aliphatic rings. The molecule has 1 aromatic rings. The Morgan fingerprint density at radius 2 is 1.90 bits per heavy atom. The summed E-state index contributed by atoms with van der Waals surface area (Å²) in [4.78, 5) is 2.40. The second kappa shape index (κ2) is 7.77. The van der Waals surface area contributed by atoms with Gasteiger partial charge in [0.2, 0.25) is 0 Å². The minimum absolute atomic E-state index is 0.159. The number of hydrogen-bond acceptors (Lipinski definition) is 3. The van der Waals surface area contributed by atoms with Gasteiger partial charge in [-0.25, -0.2) is 0 Å². The second-order valence-electron chi connectivity index (χ2n) is 6.17. The summed E-state index contributed by atoms with van der Waals surface area (Å²) < 4.78 is 0. The third-order valence-corrected chi connectivity index (χ3v) is 4.51. The van der Waals surface area contributed by atoms with E-state index in [9.17, 15) is 5.11 Å². The third kappa shape index (κ3) is 4.58. The lowest BCUT2D eigenvalue weighted by atomic mass is 9.90. The monoisotopic (exact) mass is 276 g/mol. The maximum atomic E-state index is 9.61. The minimum Gasteiger partial charge on any atom is -0.395 e. The minimum atomic E-state index is 0.159. The van der Waals surface area contributed by atoms with E-state index in [0.717, 1.165) is 12.3 Å². The van der Waals surface area contributed by atoms with Crippen LogP contribution in [0.1, 0.15) is 25.3 Å². The summed E-state index contributed by atoms with van der Waals surface area (Å²) in [6, 6.07) is 11.0. The van der Waals surface area contributed by atoms with E-state index < -0.39 is 0 Å². The van der Waals surface area contributed by atoms with Crippen LogP contribution in [0.25, 0.3) is 0 Å². The molecule has 2 atom stereocenters. The largest absolute Gasteiger partial charge is 0.395 e. The fourth-order valence-electron chi connectivity index (χ4n) is 3.11. The SMILES string of the molecule is CC(N[C@H](CO)Cc1ccccc1)C1CCN(C)CC1. The molecule has 0 radical (unpaired) electrons. The van der Waals surface area contributed by atoms with Crippen molar-refractivity contribution >= 4 is 0 Å². The highest BCUT2D eigenvalue weighted by molar-refractivity contribution is 5.16. The molecule has 0 bridgehead atoms. The van der Waals surface area contributed by atoms with Crippen LogP contribution in [0.3, 0.4) is 0 Å². The molecule has 1 heterocycles. The first kappa shape index (κ1) is 15.5. The molecule has 1 aromatic carbocycles. The van der Waals surface area contributed by atoms with Crippen LogP contribution in [-0.2, 0) is 6.42 Å². The predicted molar refractivity (Wildman–Crippen MR) is 83.8 cm³/mol. The summed E-state index contributed by atoms with van der Waals surface area (Å²) in [5, 5.41) is 13.2. The molecule has 1 aliphatic heterocycles. The van der Waals surface area contributed by atoms with Crippen molar-refractivity contribution in [1.82, 2.24) is 10.2 Å². The van der Waals surface area contributed by atoms with Crippen molar-refractivity contribution in [3.8, 4) is 0 Å². The van der Waals surface area contributed by atoms with Gasteiger partial charge in [0.1, 0.15) is 0 Å². The van der Waals surface area contributed by atoms with E-state index in [1.807, 2.05) is 6.07 Å². The van der Waals surface area contributed by atoms with Gasteiger partial charge < -0.3 is 15.3 Å². The number of hydrogen-bond donors (Lipinski definition) is 2. The molecule has 0 aromatic heterocycles. The molecule has 20 heavy (non-hydrogen) atoms. The van der Waals surface area contributed by atoms with E-state index in [1.54, 1.807) is 0 Å². The lowest BCUT2D eigenvalue weighted by Crippen LogP contribution is -2.46. The lowest BCUT2D eigenvalue weighted by molar-refractivity contribution is 0.167. The van der Waals surface area contributed by atoms with Gasteiger partial charge in [0.05, 0.1) is 6.61 Å². The molecule has 0 amide bonds. The molecule has 2 N–H and O–H groups in total. The van der Waals surface area contributed by atoms with E-state index in [1.165, 1.54) is 31.5 Å². The van der Waals surface area contributed by atoms with Gasteiger partial charge in [-0.15, -0.1) is 0 Å². The van der Waals surface area contributed by atoms with Crippen molar-refractivity contribution in [1.29, 1.82) is 0 Å². The van der Waals surface area contributed by atoms with Gasteiger partial charge in [-0.1, -0.05) is 30.3 Å². The first-order valence-electron chi connectivity index (χ1n) is 7.78. The molecule has 1 fully saturated rings. The van der Waals surface area contributed by atoms with E-state index in [4.69, 9.17) is 0 Å². The van der Waals surface area contributed by atoms with Gasteiger partial charge in [0.15, 0.2) is 0 Å². The summed E-state index contributed by atoms with van der Waals surface area (Å²) in [7, 11) is 2.19. The van der Waals surface area contributed by atoms with E-state index in [2.05, 4.69) is 48.5 Å². The molecular formula is C17H28N2O. The van der Waals surface area contributed by atoms with Crippen molar-refractivity contribution in [2.45, 2.75) is 38.3 Å². The van der Waals surface area contributed by atoms with Crippen LogP contribution < -0.4 is 5.32 Å². The number of piperidine rings is 1. The standard InChI is InChI=1S/C17H28N2O/c1-14(16-8-10-19(2)11-9-16)18-17(13-20)12-15-6-4-3-5-7-15/h3-7,14,16-18,20H,8-13H2,1-2H3/t14?,17-/m0/s1. The van der Waals surface area contributed by atoms with Gasteiger partial charge in [-0.05, 0) is 57.8 Å². The first-order valence-corrected chi connectivity index (χ1v) is 7.78. The molecule has 3 heteroatoms. The van der Waals surface area contributed by atoms with Crippen LogP contribution in [0.4, 0.5) is 0 Å². The Balaban J connectivity index is 1.83. The quantitative estimate of drug-likeness (QED) is 0.833. The fourth-order valence-corrected chi connectivity index (χ4v) is 3.11. The van der Waals surface area contributed by atoms with Crippen LogP contribution in [-0.4, -0.2) is 48.8 Å². The Kier molecular flexibility index (Phi) is 6.02. The normalized spacial score (nSPS) is 20.8. The van der Waals surface area contributed by atoms with Crippen molar-refractivity contribution in [2.24, 2.45) is 5.92 Å². The Labute approximate surface area is 123 Å². The van der Waals surface area contributed by atoms with Gasteiger partial charge in [0.25, 0.3) is 0 Å². The van der Waals surface area contributed by atoms with Gasteiger partial charge >= 0.3 is 0 Å². The fraction of sp³-hybridized carbons (Fsp3) is 0.647. The zero-order valence-electron chi connectivity index (χ0n) is 12.8. The molecule has 3 nitrogen and oxygen atoms in total. The number of rotatable bonds is 6. The smallest absolute Gasteiger partial charge is 0.0587 e. The summed E-state index contributed by atoms with van der Waals surface area (Å²) in [6.07, 6.45) is 3.41. The maximum absolute atomic E-state index is 9.61. The van der Waals surface area contributed by atoms with Crippen LogP contribution in [0.5, 0.6) is 0 Å². The average molecular weight is 276 g/mol. The number of aliphatic hydroxyl groups excluding tert-OH is 1. The summed E-state index contributed by atoms with van der Waals surface area (Å²) in [5.41, 5.74) is 1.29. The number of aliphatic hydroxyl groups is 1. The van der Waals surface area contributed by atoms with E-state index in [-0.39, 0.29) is 12.6 Å². The summed E-state index contributed by atoms with van der Waals surface area (Å²) in [6.45, 7) is 4.85. The van der Waals surface area contributed by atoms with E-state index >= 15 is 0 Å².